The normalized spacial score (nSPS) is 11.8. The van der Waals surface area contributed by atoms with Gasteiger partial charge in [-0.1, -0.05) is 6.92 Å². The largest absolute Gasteiger partial charge is 0.214 e. The van der Waals surface area contributed by atoms with Crippen LogP contribution in [0.3, 0.4) is 0 Å². The first kappa shape index (κ1) is 11.3. The summed E-state index contributed by atoms with van der Waals surface area (Å²) in [5.74, 6) is 2.06. The molecule has 0 aromatic heterocycles. The second-order valence-corrected chi connectivity index (χ2v) is 5.48. The third-order valence-electron chi connectivity index (χ3n) is 1.15. The molecule has 11 heavy (non-hydrogen) atoms. The lowest BCUT2D eigenvalue weighted by Crippen LogP contribution is -2.27. The first-order valence-electron chi connectivity index (χ1n) is 3.67. The quantitative estimate of drug-likeness (QED) is 0.637. The second-order valence-electron chi connectivity index (χ2n) is 1.99. The summed E-state index contributed by atoms with van der Waals surface area (Å²) in [7, 11) is -2.96. The van der Waals surface area contributed by atoms with E-state index in [1.54, 1.807) is 18.7 Å². The van der Waals surface area contributed by atoms with Gasteiger partial charge in [-0.2, -0.15) is 11.8 Å². The lowest BCUT2D eigenvalue weighted by molar-refractivity contribution is 0.585. The Morgan fingerprint density at radius 1 is 1.36 bits per heavy atom. The van der Waals surface area contributed by atoms with Crippen LogP contribution in [0.15, 0.2) is 0 Å². The number of sulfonamides is 1. The number of rotatable bonds is 6. The van der Waals surface area contributed by atoms with Gasteiger partial charge in [-0.15, -0.1) is 0 Å². The van der Waals surface area contributed by atoms with Crippen molar-refractivity contribution in [3.05, 3.63) is 0 Å². The lowest BCUT2D eigenvalue weighted by atomic mass is 10.8. The average Bonchev–Trinajstić information content (AvgIpc) is 1.99. The molecule has 0 atom stereocenters. The molecular formula is C6H15NO2S2. The molecule has 0 rings (SSSR count). The van der Waals surface area contributed by atoms with Gasteiger partial charge in [-0.3, -0.25) is 0 Å². The molecule has 5 heteroatoms. The molecule has 0 saturated carbocycles. The van der Waals surface area contributed by atoms with Gasteiger partial charge in [0.1, 0.15) is 0 Å². The molecule has 0 fully saturated rings. The van der Waals surface area contributed by atoms with E-state index in [0.717, 1.165) is 11.5 Å². The Morgan fingerprint density at radius 3 is 2.45 bits per heavy atom. The van der Waals surface area contributed by atoms with E-state index in [1.165, 1.54) is 0 Å². The fourth-order valence-corrected chi connectivity index (χ4v) is 1.80. The average molecular weight is 197 g/mol. The maximum atomic E-state index is 10.8. The highest BCUT2D eigenvalue weighted by molar-refractivity contribution is 7.99. The van der Waals surface area contributed by atoms with Crippen LogP contribution in [0, 0.1) is 0 Å². The lowest BCUT2D eigenvalue weighted by Gasteiger charge is -2.02. The predicted molar refractivity (Wildman–Crippen MR) is 50.5 cm³/mol. The molecule has 0 aliphatic rings. The molecule has 0 aromatic rings. The topological polar surface area (TPSA) is 46.2 Å². The van der Waals surface area contributed by atoms with E-state index in [1.807, 2.05) is 0 Å². The van der Waals surface area contributed by atoms with Crippen molar-refractivity contribution in [2.75, 3.05) is 23.8 Å². The zero-order valence-electron chi connectivity index (χ0n) is 6.96. The molecule has 0 radical (unpaired) electrons. The van der Waals surface area contributed by atoms with Crippen LogP contribution in [-0.2, 0) is 10.0 Å². The van der Waals surface area contributed by atoms with Crippen molar-refractivity contribution in [3.8, 4) is 0 Å². The summed E-state index contributed by atoms with van der Waals surface area (Å²) in [6.45, 7) is 4.24. The highest BCUT2D eigenvalue weighted by Gasteiger charge is 2.03. The van der Waals surface area contributed by atoms with Gasteiger partial charge in [0.15, 0.2) is 0 Å². The Hall–Kier alpha value is 0.260. The van der Waals surface area contributed by atoms with Gasteiger partial charge in [-0.25, -0.2) is 13.1 Å². The molecule has 0 aliphatic carbocycles. The summed E-state index contributed by atoms with van der Waals surface area (Å²) in [5.41, 5.74) is 0. The molecule has 0 heterocycles. The minimum atomic E-state index is -2.96. The maximum Gasteiger partial charge on any atom is 0.211 e. The molecule has 0 saturated heterocycles. The van der Waals surface area contributed by atoms with Crippen LogP contribution in [0.1, 0.15) is 13.8 Å². The van der Waals surface area contributed by atoms with Crippen LogP contribution < -0.4 is 4.72 Å². The molecule has 68 valence electrons. The molecule has 0 unspecified atom stereocenters. The zero-order chi connectivity index (χ0) is 8.74. The van der Waals surface area contributed by atoms with Gasteiger partial charge < -0.3 is 0 Å². The van der Waals surface area contributed by atoms with E-state index in [-0.39, 0.29) is 5.75 Å². The van der Waals surface area contributed by atoms with E-state index in [9.17, 15) is 8.42 Å². The minimum Gasteiger partial charge on any atom is -0.214 e. The van der Waals surface area contributed by atoms with Crippen molar-refractivity contribution in [1.29, 1.82) is 0 Å². The molecule has 0 aromatic carbocycles. The number of thioether (sulfide) groups is 1. The van der Waals surface area contributed by atoms with Crippen molar-refractivity contribution < 1.29 is 8.42 Å². The van der Waals surface area contributed by atoms with E-state index < -0.39 is 10.0 Å². The fraction of sp³-hybridized carbons (Fsp3) is 1.00. The van der Waals surface area contributed by atoms with E-state index in [4.69, 9.17) is 0 Å². The van der Waals surface area contributed by atoms with E-state index in [0.29, 0.717) is 6.54 Å². The van der Waals surface area contributed by atoms with Crippen LogP contribution in [-0.4, -0.2) is 32.2 Å². The molecule has 0 spiro atoms. The maximum absolute atomic E-state index is 10.8. The van der Waals surface area contributed by atoms with Crippen LogP contribution in [0.5, 0.6) is 0 Å². The number of hydrogen-bond acceptors (Lipinski definition) is 3. The van der Waals surface area contributed by atoms with Gasteiger partial charge >= 0.3 is 0 Å². The predicted octanol–water partition coefficient (Wildman–Crippen LogP) is 0.679. The number of nitrogens with one attached hydrogen (secondary N) is 1. The summed E-state index contributed by atoms with van der Waals surface area (Å²) in [6.07, 6.45) is 0. The van der Waals surface area contributed by atoms with Crippen molar-refractivity contribution in [1.82, 2.24) is 4.72 Å². The molecule has 0 bridgehead atoms. The molecular weight excluding hydrogens is 182 g/mol. The summed E-state index contributed by atoms with van der Waals surface area (Å²) in [4.78, 5) is 0. The highest BCUT2D eigenvalue weighted by Crippen LogP contribution is 1.95. The second kappa shape index (κ2) is 5.85. The van der Waals surface area contributed by atoms with E-state index in [2.05, 4.69) is 11.6 Å². The molecule has 1 N–H and O–H groups in total. The van der Waals surface area contributed by atoms with Crippen molar-refractivity contribution in [2.24, 2.45) is 0 Å². The Balaban J connectivity index is 3.39. The highest BCUT2D eigenvalue weighted by atomic mass is 32.2. The Morgan fingerprint density at radius 2 is 2.00 bits per heavy atom. The molecule has 0 aliphatic heterocycles. The van der Waals surface area contributed by atoms with Crippen LogP contribution >= 0.6 is 11.8 Å². The Labute approximate surface area is 73.0 Å². The monoisotopic (exact) mass is 197 g/mol. The summed E-state index contributed by atoms with van der Waals surface area (Å²) < 4.78 is 24.2. The van der Waals surface area contributed by atoms with Gasteiger partial charge in [0.05, 0.1) is 5.75 Å². The number of hydrogen-bond donors (Lipinski definition) is 1. The summed E-state index contributed by atoms with van der Waals surface area (Å²) in [6, 6.07) is 0. The van der Waals surface area contributed by atoms with E-state index >= 15 is 0 Å². The van der Waals surface area contributed by atoms with Crippen LogP contribution in [0.2, 0.25) is 0 Å². The summed E-state index contributed by atoms with van der Waals surface area (Å²) >= 11 is 1.73. The Bertz CT molecular complexity index is 177. The standard InChI is InChI=1S/C6H15NO2S2/c1-3-10-6-5-7-11(8,9)4-2/h7H,3-6H2,1-2H3. The van der Waals surface area contributed by atoms with Crippen molar-refractivity contribution in [3.63, 3.8) is 0 Å². The minimum absolute atomic E-state index is 0.170. The Kier molecular flexibility index (Phi) is 5.99. The smallest absolute Gasteiger partial charge is 0.211 e. The van der Waals surface area contributed by atoms with Crippen molar-refractivity contribution in [2.45, 2.75) is 13.8 Å². The van der Waals surface area contributed by atoms with Crippen molar-refractivity contribution >= 4 is 21.8 Å². The third kappa shape index (κ3) is 6.65. The zero-order valence-corrected chi connectivity index (χ0v) is 8.59. The summed E-state index contributed by atoms with van der Waals surface area (Å²) in [5, 5.41) is 0. The molecule has 0 amide bonds. The SMILES string of the molecule is CCSCCNS(=O)(=O)CC. The van der Waals surface area contributed by atoms with Crippen LogP contribution in [0.4, 0.5) is 0 Å². The fourth-order valence-electron chi connectivity index (χ4n) is 0.516. The van der Waals surface area contributed by atoms with Gasteiger partial charge in [0.25, 0.3) is 0 Å². The van der Waals surface area contributed by atoms with Gasteiger partial charge in [0, 0.05) is 12.3 Å². The first-order chi connectivity index (χ1) is 5.12. The van der Waals surface area contributed by atoms with Gasteiger partial charge in [-0.05, 0) is 12.7 Å². The third-order valence-corrected chi connectivity index (χ3v) is 3.46. The van der Waals surface area contributed by atoms with Crippen LogP contribution in [0.25, 0.3) is 0 Å². The van der Waals surface area contributed by atoms with Gasteiger partial charge in [0.2, 0.25) is 10.0 Å². The molecule has 3 nitrogen and oxygen atoms in total. The first-order valence-corrected chi connectivity index (χ1v) is 6.48.